The minimum Gasteiger partial charge on any atom is -0.476 e. The fraction of sp³-hybridized carbons (Fsp3) is 0.304. The summed E-state index contributed by atoms with van der Waals surface area (Å²) in [6.07, 6.45) is 2.40. The molecule has 0 radical (unpaired) electrons. The number of furan rings is 1. The molecule has 0 spiro atoms. The molecule has 3 heterocycles. The van der Waals surface area contributed by atoms with Crippen molar-refractivity contribution in [1.82, 2.24) is 4.90 Å². The van der Waals surface area contributed by atoms with E-state index in [-0.39, 0.29) is 24.1 Å². The van der Waals surface area contributed by atoms with Gasteiger partial charge in [-0.05, 0) is 55.7 Å². The number of para-hydroxylation sites is 2. The molecular weight excluding hydrogens is 404 g/mol. The molecule has 2 aromatic carbocycles. The van der Waals surface area contributed by atoms with Crippen molar-refractivity contribution >= 4 is 40.1 Å². The largest absolute Gasteiger partial charge is 0.476 e. The SMILES string of the molecule is O=C([C@@H]1CN(C(=O)c2cc3cc(Cl)ccc3o2)c2ccccc2O1)N1CCCCC1. The molecule has 7 heteroatoms. The van der Waals surface area contributed by atoms with E-state index in [1.165, 1.54) is 0 Å². The monoisotopic (exact) mass is 424 g/mol. The summed E-state index contributed by atoms with van der Waals surface area (Å²) in [6, 6.07) is 14.2. The molecule has 2 amide bonds. The van der Waals surface area contributed by atoms with Crippen LogP contribution >= 0.6 is 11.6 Å². The van der Waals surface area contributed by atoms with Crippen LogP contribution in [0.3, 0.4) is 0 Å². The number of nitrogens with zero attached hydrogens (tertiary/aromatic N) is 2. The van der Waals surface area contributed by atoms with E-state index in [0.717, 1.165) is 37.7 Å². The van der Waals surface area contributed by atoms with Gasteiger partial charge >= 0.3 is 0 Å². The van der Waals surface area contributed by atoms with E-state index >= 15 is 0 Å². The van der Waals surface area contributed by atoms with Crippen LogP contribution in [-0.2, 0) is 4.79 Å². The van der Waals surface area contributed by atoms with Gasteiger partial charge in [0, 0.05) is 23.5 Å². The zero-order valence-electron chi connectivity index (χ0n) is 16.3. The average molecular weight is 425 g/mol. The third-order valence-electron chi connectivity index (χ3n) is 5.65. The fourth-order valence-electron chi connectivity index (χ4n) is 4.13. The molecule has 2 aliphatic rings. The molecule has 5 rings (SSSR count). The maximum Gasteiger partial charge on any atom is 0.294 e. The van der Waals surface area contributed by atoms with Gasteiger partial charge in [0.2, 0.25) is 0 Å². The predicted octanol–water partition coefficient (Wildman–Crippen LogP) is 4.51. The Balaban J connectivity index is 1.47. The number of amides is 2. The van der Waals surface area contributed by atoms with Gasteiger partial charge in [-0.1, -0.05) is 23.7 Å². The van der Waals surface area contributed by atoms with Crippen LogP contribution in [0, 0.1) is 0 Å². The van der Waals surface area contributed by atoms with Crippen LogP contribution in [0.25, 0.3) is 11.0 Å². The second-order valence-electron chi connectivity index (χ2n) is 7.67. The highest BCUT2D eigenvalue weighted by Gasteiger charge is 2.37. The molecule has 2 aliphatic heterocycles. The van der Waals surface area contributed by atoms with E-state index in [1.54, 1.807) is 35.2 Å². The molecular formula is C23H21ClN2O4. The Bertz CT molecular complexity index is 1120. The maximum absolute atomic E-state index is 13.4. The minimum absolute atomic E-state index is 0.0709. The number of carbonyl (C=O) groups excluding carboxylic acids is 2. The van der Waals surface area contributed by atoms with Crippen LogP contribution in [-0.4, -0.2) is 42.5 Å². The number of hydrogen-bond donors (Lipinski definition) is 0. The molecule has 0 bridgehead atoms. The first-order valence-corrected chi connectivity index (χ1v) is 10.5. The van der Waals surface area contributed by atoms with Crippen molar-refractivity contribution in [2.45, 2.75) is 25.4 Å². The summed E-state index contributed by atoms with van der Waals surface area (Å²) in [5.74, 6) is 0.340. The number of benzene rings is 2. The zero-order chi connectivity index (χ0) is 20.7. The van der Waals surface area contributed by atoms with Crippen molar-refractivity contribution < 1.29 is 18.7 Å². The molecule has 0 aliphatic carbocycles. The Morgan fingerprint density at radius 2 is 1.80 bits per heavy atom. The third kappa shape index (κ3) is 3.41. The van der Waals surface area contributed by atoms with Gasteiger partial charge in [0.25, 0.3) is 11.8 Å². The van der Waals surface area contributed by atoms with Crippen LogP contribution in [0.15, 0.2) is 52.9 Å². The second kappa shape index (κ2) is 7.69. The van der Waals surface area contributed by atoms with Crippen LogP contribution < -0.4 is 9.64 Å². The summed E-state index contributed by atoms with van der Waals surface area (Å²) in [5, 5.41) is 1.33. The zero-order valence-corrected chi connectivity index (χ0v) is 17.1. The highest BCUT2D eigenvalue weighted by atomic mass is 35.5. The summed E-state index contributed by atoms with van der Waals surface area (Å²) < 4.78 is 11.8. The van der Waals surface area contributed by atoms with Gasteiger partial charge in [-0.2, -0.15) is 0 Å². The van der Waals surface area contributed by atoms with Gasteiger partial charge in [-0.25, -0.2) is 0 Å². The molecule has 6 nitrogen and oxygen atoms in total. The number of anilines is 1. The highest BCUT2D eigenvalue weighted by molar-refractivity contribution is 6.31. The molecule has 0 N–H and O–H groups in total. The van der Waals surface area contributed by atoms with Gasteiger partial charge in [0.05, 0.1) is 12.2 Å². The number of hydrogen-bond acceptors (Lipinski definition) is 4. The maximum atomic E-state index is 13.4. The number of piperidine rings is 1. The summed E-state index contributed by atoms with van der Waals surface area (Å²) in [7, 11) is 0. The molecule has 1 atom stereocenters. The molecule has 0 saturated carbocycles. The van der Waals surface area contributed by atoms with E-state index in [2.05, 4.69) is 0 Å². The van der Waals surface area contributed by atoms with E-state index in [4.69, 9.17) is 20.8 Å². The second-order valence-corrected chi connectivity index (χ2v) is 8.11. The molecule has 3 aromatic rings. The smallest absolute Gasteiger partial charge is 0.294 e. The Kier molecular flexibility index (Phi) is 4.87. The number of likely N-dealkylation sites (tertiary alicyclic amines) is 1. The number of fused-ring (bicyclic) bond motifs is 2. The van der Waals surface area contributed by atoms with Gasteiger partial charge in [-0.15, -0.1) is 0 Å². The van der Waals surface area contributed by atoms with Crippen LogP contribution in [0.1, 0.15) is 29.8 Å². The minimum atomic E-state index is -0.735. The average Bonchev–Trinajstić information content (AvgIpc) is 3.21. The standard InChI is InChI=1S/C23H21ClN2O4/c24-16-8-9-18-15(12-16)13-20(29-18)23(28)26-14-21(22(27)25-10-4-1-5-11-25)30-19-7-3-2-6-17(19)26/h2-3,6-9,12-13,21H,1,4-5,10-11,14H2/t21-/m0/s1. The highest BCUT2D eigenvalue weighted by Crippen LogP contribution is 2.35. The Morgan fingerprint density at radius 1 is 1.00 bits per heavy atom. The van der Waals surface area contributed by atoms with Gasteiger partial charge in [0.15, 0.2) is 11.9 Å². The molecule has 154 valence electrons. The van der Waals surface area contributed by atoms with E-state index < -0.39 is 6.10 Å². The van der Waals surface area contributed by atoms with Crippen molar-refractivity contribution in [3.05, 3.63) is 59.3 Å². The molecule has 1 fully saturated rings. The number of rotatable bonds is 2. The van der Waals surface area contributed by atoms with E-state index in [9.17, 15) is 9.59 Å². The quantitative estimate of drug-likeness (QED) is 0.607. The lowest BCUT2D eigenvalue weighted by Crippen LogP contribution is -2.52. The molecule has 30 heavy (non-hydrogen) atoms. The normalized spacial score (nSPS) is 18.8. The lowest BCUT2D eigenvalue weighted by molar-refractivity contribution is -0.139. The molecule has 1 aromatic heterocycles. The lowest BCUT2D eigenvalue weighted by atomic mass is 10.1. The Labute approximate surface area is 178 Å². The van der Waals surface area contributed by atoms with Crippen molar-refractivity contribution in [2.24, 2.45) is 0 Å². The van der Waals surface area contributed by atoms with Crippen molar-refractivity contribution in [3.63, 3.8) is 0 Å². The molecule has 1 saturated heterocycles. The van der Waals surface area contributed by atoms with E-state index in [0.29, 0.717) is 22.0 Å². The first-order valence-electron chi connectivity index (χ1n) is 10.2. The Hall–Kier alpha value is -2.99. The van der Waals surface area contributed by atoms with Crippen molar-refractivity contribution in [2.75, 3.05) is 24.5 Å². The summed E-state index contributed by atoms with van der Waals surface area (Å²) >= 11 is 6.06. The third-order valence-corrected chi connectivity index (χ3v) is 5.89. The summed E-state index contributed by atoms with van der Waals surface area (Å²) in [6.45, 7) is 1.61. The topological polar surface area (TPSA) is 63.0 Å². The van der Waals surface area contributed by atoms with Crippen LogP contribution in [0.5, 0.6) is 5.75 Å². The van der Waals surface area contributed by atoms with Gasteiger partial charge in [-0.3, -0.25) is 14.5 Å². The first-order chi connectivity index (χ1) is 14.6. The lowest BCUT2D eigenvalue weighted by Gasteiger charge is -2.37. The predicted molar refractivity (Wildman–Crippen MR) is 114 cm³/mol. The van der Waals surface area contributed by atoms with E-state index in [1.807, 2.05) is 23.1 Å². The van der Waals surface area contributed by atoms with Crippen LogP contribution in [0.2, 0.25) is 5.02 Å². The molecule has 0 unspecified atom stereocenters. The Morgan fingerprint density at radius 3 is 2.63 bits per heavy atom. The van der Waals surface area contributed by atoms with Crippen molar-refractivity contribution in [3.8, 4) is 5.75 Å². The first kappa shape index (κ1) is 19.0. The fourth-order valence-corrected chi connectivity index (χ4v) is 4.31. The number of carbonyl (C=O) groups is 2. The number of ether oxygens (including phenoxy) is 1. The number of halogens is 1. The summed E-state index contributed by atoms with van der Waals surface area (Å²) in [4.78, 5) is 29.9. The summed E-state index contributed by atoms with van der Waals surface area (Å²) in [5.41, 5.74) is 1.22. The van der Waals surface area contributed by atoms with Crippen molar-refractivity contribution in [1.29, 1.82) is 0 Å². The van der Waals surface area contributed by atoms with Gasteiger partial charge in [0.1, 0.15) is 11.3 Å². The van der Waals surface area contributed by atoms with Gasteiger partial charge < -0.3 is 14.1 Å². The van der Waals surface area contributed by atoms with Crippen LogP contribution in [0.4, 0.5) is 5.69 Å².